The number of benzene rings is 2. The van der Waals surface area contributed by atoms with Crippen molar-refractivity contribution in [2.24, 2.45) is 5.92 Å². The van der Waals surface area contributed by atoms with Gasteiger partial charge in [-0.15, -0.1) is 11.8 Å². The monoisotopic (exact) mass is 406 g/mol. The van der Waals surface area contributed by atoms with Gasteiger partial charge in [0.15, 0.2) is 0 Å². The fourth-order valence-corrected chi connectivity index (χ4v) is 5.27. The van der Waals surface area contributed by atoms with Gasteiger partial charge in [0, 0.05) is 22.6 Å². The Morgan fingerprint density at radius 2 is 1.96 bits per heavy atom. The first-order chi connectivity index (χ1) is 12.8. The molecule has 142 valence electrons. The number of fused-ring (bicyclic) bond motifs is 1. The Kier molecular flexibility index (Phi) is 4.63. The van der Waals surface area contributed by atoms with E-state index in [0.717, 1.165) is 17.7 Å². The number of carbonyl (C=O) groups is 1. The molecule has 2 aliphatic rings. The van der Waals surface area contributed by atoms with E-state index in [2.05, 4.69) is 4.72 Å². The predicted octanol–water partition coefficient (Wildman–Crippen LogP) is 3.86. The SMILES string of the molecule is CC1CN(C(=O)C2CC2)c2cc(S(=O)(=O)Nc3ccccc3F)ccc2S1. The summed E-state index contributed by atoms with van der Waals surface area (Å²) in [6.45, 7) is 2.60. The number of para-hydroxylation sites is 1. The molecule has 0 radical (unpaired) electrons. The van der Waals surface area contributed by atoms with Crippen molar-refractivity contribution in [3.8, 4) is 0 Å². The lowest BCUT2D eigenvalue weighted by Gasteiger charge is -2.33. The molecule has 0 aromatic heterocycles. The van der Waals surface area contributed by atoms with E-state index in [9.17, 15) is 17.6 Å². The minimum atomic E-state index is -3.97. The molecule has 1 N–H and O–H groups in total. The molecular weight excluding hydrogens is 387 g/mol. The van der Waals surface area contributed by atoms with Crippen molar-refractivity contribution in [2.75, 3.05) is 16.2 Å². The molecule has 1 fully saturated rings. The molecule has 1 atom stereocenters. The molecule has 1 aliphatic carbocycles. The number of halogens is 1. The maximum absolute atomic E-state index is 13.8. The van der Waals surface area contributed by atoms with Gasteiger partial charge in [-0.2, -0.15) is 0 Å². The van der Waals surface area contributed by atoms with Crippen LogP contribution >= 0.6 is 11.8 Å². The summed E-state index contributed by atoms with van der Waals surface area (Å²) >= 11 is 1.62. The predicted molar refractivity (Wildman–Crippen MR) is 104 cm³/mol. The molecule has 5 nitrogen and oxygen atoms in total. The van der Waals surface area contributed by atoms with Gasteiger partial charge in [0.1, 0.15) is 5.82 Å². The molecule has 0 saturated heterocycles. The van der Waals surface area contributed by atoms with Gasteiger partial charge in [0.2, 0.25) is 5.91 Å². The Morgan fingerprint density at radius 3 is 2.67 bits per heavy atom. The van der Waals surface area contributed by atoms with Gasteiger partial charge < -0.3 is 4.90 Å². The number of anilines is 2. The minimum Gasteiger partial charge on any atom is -0.310 e. The molecule has 27 heavy (non-hydrogen) atoms. The number of carbonyl (C=O) groups excluding carboxylic acids is 1. The third-order valence-electron chi connectivity index (χ3n) is 4.61. The second-order valence-electron chi connectivity index (χ2n) is 6.87. The largest absolute Gasteiger partial charge is 0.310 e. The van der Waals surface area contributed by atoms with Crippen LogP contribution in [0.15, 0.2) is 52.3 Å². The number of thioether (sulfide) groups is 1. The van der Waals surface area contributed by atoms with Crippen molar-refractivity contribution >= 4 is 39.1 Å². The Morgan fingerprint density at radius 1 is 1.22 bits per heavy atom. The fourth-order valence-electron chi connectivity index (χ4n) is 3.09. The van der Waals surface area contributed by atoms with Gasteiger partial charge in [0.05, 0.1) is 16.3 Å². The average molecular weight is 407 g/mol. The van der Waals surface area contributed by atoms with E-state index in [0.29, 0.717) is 12.2 Å². The van der Waals surface area contributed by atoms with Crippen LogP contribution in [-0.4, -0.2) is 26.1 Å². The number of rotatable bonds is 4. The molecule has 0 spiro atoms. The van der Waals surface area contributed by atoms with E-state index in [1.165, 1.54) is 30.3 Å². The van der Waals surface area contributed by atoms with Gasteiger partial charge in [-0.25, -0.2) is 12.8 Å². The topological polar surface area (TPSA) is 66.5 Å². The number of hydrogen-bond donors (Lipinski definition) is 1. The molecular formula is C19H19FN2O3S2. The van der Waals surface area contributed by atoms with Crippen LogP contribution in [-0.2, 0) is 14.8 Å². The molecule has 1 aliphatic heterocycles. The summed E-state index contributed by atoms with van der Waals surface area (Å²) in [4.78, 5) is 15.3. The third kappa shape index (κ3) is 3.68. The van der Waals surface area contributed by atoms with Gasteiger partial charge in [0.25, 0.3) is 10.0 Å². The molecule has 1 saturated carbocycles. The second kappa shape index (κ2) is 6.83. The summed E-state index contributed by atoms with van der Waals surface area (Å²) in [7, 11) is -3.97. The lowest BCUT2D eigenvalue weighted by molar-refractivity contribution is -0.119. The van der Waals surface area contributed by atoms with Crippen molar-refractivity contribution in [1.82, 2.24) is 0 Å². The maximum Gasteiger partial charge on any atom is 0.262 e. The lowest BCUT2D eigenvalue weighted by Crippen LogP contribution is -2.39. The third-order valence-corrected chi connectivity index (χ3v) is 7.12. The summed E-state index contributed by atoms with van der Waals surface area (Å²) in [6, 6.07) is 10.3. The van der Waals surface area contributed by atoms with E-state index in [1.807, 2.05) is 6.92 Å². The first-order valence-electron chi connectivity index (χ1n) is 8.74. The van der Waals surface area contributed by atoms with Gasteiger partial charge in [-0.1, -0.05) is 19.1 Å². The highest BCUT2D eigenvalue weighted by atomic mass is 32.2. The molecule has 1 amide bonds. The highest BCUT2D eigenvalue weighted by Gasteiger charge is 2.37. The fraction of sp³-hybridized carbons (Fsp3) is 0.316. The van der Waals surface area contributed by atoms with Crippen LogP contribution in [0.1, 0.15) is 19.8 Å². The van der Waals surface area contributed by atoms with Crippen LogP contribution in [0.4, 0.5) is 15.8 Å². The van der Waals surface area contributed by atoms with Crippen molar-refractivity contribution in [1.29, 1.82) is 0 Å². The van der Waals surface area contributed by atoms with Gasteiger partial charge in [-0.05, 0) is 43.2 Å². The van der Waals surface area contributed by atoms with Crippen LogP contribution in [0.25, 0.3) is 0 Å². The summed E-state index contributed by atoms with van der Waals surface area (Å²) in [5.41, 5.74) is 0.510. The van der Waals surface area contributed by atoms with Crippen LogP contribution in [0.5, 0.6) is 0 Å². The maximum atomic E-state index is 13.8. The number of nitrogens with zero attached hydrogens (tertiary/aromatic N) is 1. The molecule has 0 bridgehead atoms. The Balaban J connectivity index is 1.69. The summed E-state index contributed by atoms with van der Waals surface area (Å²) in [5, 5.41) is 0.235. The normalized spacial score (nSPS) is 19.5. The number of hydrogen-bond acceptors (Lipinski definition) is 4. The van der Waals surface area contributed by atoms with E-state index in [4.69, 9.17) is 0 Å². The molecule has 2 aromatic rings. The zero-order valence-corrected chi connectivity index (χ0v) is 16.3. The number of nitrogens with one attached hydrogen (secondary N) is 1. The molecule has 8 heteroatoms. The summed E-state index contributed by atoms with van der Waals surface area (Å²) in [5.74, 6) is -0.543. The standard InChI is InChI=1S/C19H19FN2O3S2/c1-12-11-22(19(23)13-6-7-13)17-10-14(8-9-18(17)26-12)27(24,25)21-16-5-3-2-4-15(16)20/h2-5,8-10,12-13,21H,6-7,11H2,1H3. The zero-order chi connectivity index (χ0) is 19.2. The number of sulfonamides is 1. The second-order valence-corrected chi connectivity index (χ2v) is 10.0. The Labute approximate surface area is 162 Å². The van der Waals surface area contributed by atoms with E-state index >= 15 is 0 Å². The first kappa shape index (κ1) is 18.3. The molecule has 2 aromatic carbocycles. The summed E-state index contributed by atoms with van der Waals surface area (Å²) in [6.07, 6.45) is 1.78. The van der Waals surface area contributed by atoms with Gasteiger partial charge >= 0.3 is 0 Å². The van der Waals surface area contributed by atoms with Crippen LogP contribution in [0.2, 0.25) is 0 Å². The molecule has 1 heterocycles. The van der Waals surface area contributed by atoms with E-state index in [-0.39, 0.29) is 27.7 Å². The number of amides is 1. The van der Waals surface area contributed by atoms with Crippen molar-refractivity contribution in [3.05, 3.63) is 48.3 Å². The van der Waals surface area contributed by atoms with Crippen molar-refractivity contribution in [2.45, 2.75) is 34.8 Å². The molecule has 1 unspecified atom stereocenters. The highest BCUT2D eigenvalue weighted by Crippen LogP contribution is 2.42. The summed E-state index contributed by atoms with van der Waals surface area (Å²) < 4.78 is 41.6. The first-order valence-corrected chi connectivity index (χ1v) is 11.1. The van der Waals surface area contributed by atoms with Crippen LogP contribution in [0.3, 0.4) is 0 Å². The quantitative estimate of drug-likeness (QED) is 0.837. The van der Waals surface area contributed by atoms with Crippen LogP contribution < -0.4 is 9.62 Å². The van der Waals surface area contributed by atoms with E-state index < -0.39 is 15.8 Å². The lowest BCUT2D eigenvalue weighted by atomic mass is 10.2. The van der Waals surface area contributed by atoms with Crippen molar-refractivity contribution < 1.29 is 17.6 Å². The smallest absolute Gasteiger partial charge is 0.262 e. The minimum absolute atomic E-state index is 0.00764. The van der Waals surface area contributed by atoms with E-state index in [1.54, 1.807) is 28.8 Å². The van der Waals surface area contributed by atoms with Crippen LogP contribution in [0, 0.1) is 11.7 Å². The van der Waals surface area contributed by atoms with Crippen molar-refractivity contribution in [3.63, 3.8) is 0 Å². The zero-order valence-electron chi connectivity index (χ0n) is 14.7. The highest BCUT2D eigenvalue weighted by molar-refractivity contribution is 8.00. The molecule has 4 rings (SSSR count). The Bertz CT molecular complexity index is 1010. The Hall–Kier alpha value is -2.06. The van der Waals surface area contributed by atoms with Gasteiger partial charge in [-0.3, -0.25) is 9.52 Å². The average Bonchev–Trinajstić information content (AvgIpc) is 3.47.